The summed E-state index contributed by atoms with van der Waals surface area (Å²) >= 11 is 0. The van der Waals surface area contributed by atoms with Crippen molar-refractivity contribution in [2.45, 2.75) is 25.7 Å². The van der Waals surface area contributed by atoms with Gasteiger partial charge in [-0.25, -0.2) is 0 Å². The summed E-state index contributed by atoms with van der Waals surface area (Å²) < 4.78 is 0. The molecule has 1 saturated heterocycles. The van der Waals surface area contributed by atoms with Gasteiger partial charge >= 0.3 is 0 Å². The number of amides is 3. The van der Waals surface area contributed by atoms with Crippen molar-refractivity contribution in [1.29, 1.82) is 0 Å². The summed E-state index contributed by atoms with van der Waals surface area (Å²) in [5.41, 5.74) is 2.57. The standard InChI is InChI=1S/C23H25N3O3/c27-21-14-18(15-26(21)13-12-16-4-2-1-3-5-16)23(29)25-20-10-8-19(9-11-20)24-22(28)17-6-7-17/h1-5,8-11,17-18H,6-7,12-15H2,(H,24,28)(H,25,29). The summed E-state index contributed by atoms with van der Waals surface area (Å²) in [7, 11) is 0. The van der Waals surface area contributed by atoms with Crippen molar-refractivity contribution in [2.75, 3.05) is 23.7 Å². The average molecular weight is 391 g/mol. The van der Waals surface area contributed by atoms with E-state index in [2.05, 4.69) is 10.6 Å². The van der Waals surface area contributed by atoms with Gasteiger partial charge in [-0.1, -0.05) is 30.3 Å². The van der Waals surface area contributed by atoms with Crippen LogP contribution in [0.2, 0.25) is 0 Å². The normalized spacial score (nSPS) is 18.6. The molecule has 1 atom stereocenters. The SMILES string of the molecule is O=C(Nc1ccc(NC(=O)C2CC(=O)N(CCc3ccccc3)C2)cc1)C1CC1. The first kappa shape index (κ1) is 19.2. The Morgan fingerprint density at radius 2 is 1.45 bits per heavy atom. The molecule has 6 heteroatoms. The maximum absolute atomic E-state index is 12.6. The highest BCUT2D eigenvalue weighted by molar-refractivity contribution is 5.98. The summed E-state index contributed by atoms with van der Waals surface area (Å²) in [5, 5.41) is 5.76. The van der Waals surface area contributed by atoms with Gasteiger partial charge in [0.05, 0.1) is 5.92 Å². The molecule has 2 N–H and O–H groups in total. The minimum Gasteiger partial charge on any atom is -0.342 e. The topological polar surface area (TPSA) is 78.5 Å². The monoisotopic (exact) mass is 391 g/mol. The molecule has 1 unspecified atom stereocenters. The zero-order chi connectivity index (χ0) is 20.2. The van der Waals surface area contributed by atoms with Crippen molar-refractivity contribution >= 4 is 29.1 Å². The maximum Gasteiger partial charge on any atom is 0.229 e. The van der Waals surface area contributed by atoms with Crippen molar-refractivity contribution in [2.24, 2.45) is 11.8 Å². The number of carbonyl (C=O) groups is 3. The van der Waals surface area contributed by atoms with Crippen LogP contribution in [0.15, 0.2) is 54.6 Å². The van der Waals surface area contributed by atoms with Crippen LogP contribution in [0.5, 0.6) is 0 Å². The van der Waals surface area contributed by atoms with E-state index >= 15 is 0 Å². The van der Waals surface area contributed by atoms with Crippen LogP contribution in [0.25, 0.3) is 0 Å². The van der Waals surface area contributed by atoms with Crippen molar-refractivity contribution in [3.63, 3.8) is 0 Å². The molecule has 29 heavy (non-hydrogen) atoms. The van der Waals surface area contributed by atoms with Crippen molar-refractivity contribution in [3.8, 4) is 0 Å². The second-order valence-corrected chi connectivity index (χ2v) is 7.81. The lowest BCUT2D eigenvalue weighted by atomic mass is 10.1. The zero-order valence-corrected chi connectivity index (χ0v) is 16.3. The van der Waals surface area contributed by atoms with E-state index in [-0.39, 0.29) is 36.0 Å². The number of anilines is 2. The van der Waals surface area contributed by atoms with Gasteiger partial charge in [0.2, 0.25) is 17.7 Å². The molecule has 6 nitrogen and oxygen atoms in total. The molecule has 2 aromatic carbocycles. The molecule has 1 heterocycles. The third kappa shape index (κ3) is 5.02. The number of hydrogen-bond donors (Lipinski definition) is 2. The highest BCUT2D eigenvalue weighted by Crippen LogP contribution is 2.30. The van der Waals surface area contributed by atoms with Crippen LogP contribution in [-0.4, -0.2) is 35.7 Å². The third-order valence-corrected chi connectivity index (χ3v) is 5.47. The summed E-state index contributed by atoms with van der Waals surface area (Å²) in [6.45, 7) is 1.08. The predicted molar refractivity (Wildman–Crippen MR) is 111 cm³/mol. The van der Waals surface area contributed by atoms with Crippen LogP contribution in [0.1, 0.15) is 24.8 Å². The van der Waals surface area contributed by atoms with E-state index in [1.54, 1.807) is 29.2 Å². The molecule has 3 amide bonds. The molecule has 0 spiro atoms. The van der Waals surface area contributed by atoms with Crippen molar-refractivity contribution in [1.82, 2.24) is 4.90 Å². The lowest BCUT2D eigenvalue weighted by Gasteiger charge is -2.16. The van der Waals surface area contributed by atoms with Gasteiger partial charge in [-0.2, -0.15) is 0 Å². The van der Waals surface area contributed by atoms with Gasteiger partial charge in [0, 0.05) is 36.8 Å². The molecule has 4 rings (SSSR count). The van der Waals surface area contributed by atoms with Crippen LogP contribution >= 0.6 is 0 Å². The fourth-order valence-corrected chi connectivity index (χ4v) is 3.54. The number of benzene rings is 2. The maximum atomic E-state index is 12.6. The number of likely N-dealkylation sites (tertiary alicyclic amines) is 1. The minimum absolute atomic E-state index is 0.0271. The summed E-state index contributed by atoms with van der Waals surface area (Å²) in [5.74, 6) is -0.247. The van der Waals surface area contributed by atoms with E-state index in [4.69, 9.17) is 0 Å². The highest BCUT2D eigenvalue weighted by atomic mass is 16.2. The van der Waals surface area contributed by atoms with Crippen LogP contribution in [0.3, 0.4) is 0 Å². The summed E-state index contributed by atoms with van der Waals surface area (Å²) in [6, 6.07) is 17.1. The van der Waals surface area contributed by atoms with Crippen molar-refractivity contribution in [3.05, 3.63) is 60.2 Å². The number of carbonyl (C=O) groups excluding carboxylic acids is 3. The zero-order valence-electron chi connectivity index (χ0n) is 16.3. The molecule has 0 radical (unpaired) electrons. The van der Waals surface area contributed by atoms with Gasteiger partial charge in [-0.3, -0.25) is 14.4 Å². The molecule has 150 valence electrons. The summed E-state index contributed by atoms with van der Waals surface area (Å²) in [4.78, 5) is 38.4. The molecular formula is C23H25N3O3. The Morgan fingerprint density at radius 1 is 0.862 bits per heavy atom. The van der Waals surface area contributed by atoms with Crippen LogP contribution in [-0.2, 0) is 20.8 Å². The van der Waals surface area contributed by atoms with Gasteiger partial charge in [0.25, 0.3) is 0 Å². The second-order valence-electron chi connectivity index (χ2n) is 7.81. The first-order chi connectivity index (χ1) is 14.1. The van der Waals surface area contributed by atoms with E-state index in [1.165, 1.54) is 5.56 Å². The van der Waals surface area contributed by atoms with Crippen LogP contribution < -0.4 is 10.6 Å². The smallest absolute Gasteiger partial charge is 0.229 e. The molecule has 1 aliphatic heterocycles. The number of rotatable bonds is 7. The second kappa shape index (κ2) is 8.47. The van der Waals surface area contributed by atoms with Gasteiger partial charge in [0.15, 0.2) is 0 Å². The van der Waals surface area contributed by atoms with Gasteiger partial charge in [-0.15, -0.1) is 0 Å². The first-order valence-electron chi connectivity index (χ1n) is 10.1. The Labute approximate surface area is 170 Å². The van der Waals surface area contributed by atoms with Gasteiger partial charge in [-0.05, 0) is 49.1 Å². The Hall–Kier alpha value is -3.15. The van der Waals surface area contributed by atoms with Gasteiger partial charge < -0.3 is 15.5 Å². The third-order valence-electron chi connectivity index (χ3n) is 5.47. The van der Waals surface area contributed by atoms with E-state index < -0.39 is 0 Å². The molecule has 0 aromatic heterocycles. The number of hydrogen-bond acceptors (Lipinski definition) is 3. The summed E-state index contributed by atoms with van der Waals surface area (Å²) in [6.07, 6.45) is 2.95. The van der Waals surface area contributed by atoms with E-state index in [0.29, 0.717) is 18.8 Å². The minimum atomic E-state index is -0.340. The Kier molecular flexibility index (Phi) is 5.60. The van der Waals surface area contributed by atoms with E-state index in [1.807, 2.05) is 30.3 Å². The predicted octanol–water partition coefficient (Wildman–Crippen LogP) is 3.06. The average Bonchev–Trinajstić information content (AvgIpc) is 3.52. The quantitative estimate of drug-likeness (QED) is 0.761. The Balaban J connectivity index is 1.27. The molecule has 1 aliphatic carbocycles. The molecular weight excluding hydrogens is 366 g/mol. The van der Waals surface area contributed by atoms with Crippen LogP contribution in [0, 0.1) is 11.8 Å². The lowest BCUT2D eigenvalue weighted by Crippen LogP contribution is -2.30. The Bertz CT molecular complexity index is 891. The number of nitrogens with zero attached hydrogens (tertiary/aromatic N) is 1. The number of nitrogens with one attached hydrogen (secondary N) is 2. The molecule has 2 aromatic rings. The fourth-order valence-electron chi connectivity index (χ4n) is 3.54. The van der Waals surface area contributed by atoms with Crippen LogP contribution in [0.4, 0.5) is 11.4 Å². The van der Waals surface area contributed by atoms with E-state index in [0.717, 1.165) is 24.9 Å². The fraction of sp³-hybridized carbons (Fsp3) is 0.348. The molecule has 2 fully saturated rings. The largest absolute Gasteiger partial charge is 0.342 e. The molecule has 1 saturated carbocycles. The van der Waals surface area contributed by atoms with E-state index in [9.17, 15) is 14.4 Å². The lowest BCUT2D eigenvalue weighted by molar-refractivity contribution is -0.128. The first-order valence-corrected chi connectivity index (χ1v) is 10.1. The Morgan fingerprint density at radius 3 is 2.03 bits per heavy atom. The molecule has 2 aliphatic rings. The molecule has 0 bridgehead atoms. The van der Waals surface area contributed by atoms with Crippen molar-refractivity contribution < 1.29 is 14.4 Å². The van der Waals surface area contributed by atoms with Gasteiger partial charge in [0.1, 0.15) is 0 Å². The highest BCUT2D eigenvalue weighted by Gasteiger charge is 2.34.